The van der Waals surface area contributed by atoms with E-state index in [9.17, 15) is 19.1 Å². The van der Waals surface area contributed by atoms with Crippen LogP contribution in [-0.2, 0) is 9.59 Å². The van der Waals surface area contributed by atoms with Crippen LogP contribution in [0.2, 0.25) is 0 Å². The van der Waals surface area contributed by atoms with Gasteiger partial charge < -0.3 is 14.7 Å². The van der Waals surface area contributed by atoms with Crippen molar-refractivity contribution in [2.24, 2.45) is 0 Å². The average molecular weight is 452 g/mol. The van der Waals surface area contributed by atoms with E-state index in [0.29, 0.717) is 17.9 Å². The standard InChI is InChI=1S/C27H30FNO4/c1-2-3-8-17-33-20-15-13-18(14-16-20)25(30)23-24(21-11-6-7-12-22(21)28)29(27(32)26(23)31)19-9-4-5-10-19/h6-7,11-16,19,24,30H,2-5,8-10,17H2,1H3/b25-23-. The van der Waals surface area contributed by atoms with Crippen molar-refractivity contribution in [1.82, 2.24) is 4.90 Å². The molecule has 0 spiro atoms. The number of likely N-dealkylation sites (tertiary alicyclic amines) is 1. The first-order valence-electron chi connectivity index (χ1n) is 11.8. The summed E-state index contributed by atoms with van der Waals surface area (Å²) in [6, 6.07) is 11.8. The lowest BCUT2D eigenvalue weighted by Crippen LogP contribution is -2.38. The van der Waals surface area contributed by atoms with Gasteiger partial charge in [0.1, 0.15) is 17.3 Å². The molecule has 1 N–H and O–H groups in total. The molecule has 4 rings (SSSR count). The number of ether oxygens (including phenoxy) is 1. The summed E-state index contributed by atoms with van der Waals surface area (Å²) in [7, 11) is 0. The third kappa shape index (κ3) is 4.65. The molecule has 33 heavy (non-hydrogen) atoms. The van der Waals surface area contributed by atoms with Crippen molar-refractivity contribution in [3.05, 3.63) is 71.0 Å². The van der Waals surface area contributed by atoms with Crippen molar-refractivity contribution in [3.8, 4) is 5.75 Å². The van der Waals surface area contributed by atoms with Crippen LogP contribution in [0.1, 0.15) is 69.0 Å². The van der Waals surface area contributed by atoms with Gasteiger partial charge in [0, 0.05) is 17.2 Å². The molecule has 2 aromatic carbocycles. The van der Waals surface area contributed by atoms with Gasteiger partial charge in [-0.05, 0) is 49.6 Å². The second-order valence-electron chi connectivity index (χ2n) is 8.75. The molecule has 1 unspecified atom stereocenters. The molecule has 1 saturated heterocycles. The number of rotatable bonds is 8. The van der Waals surface area contributed by atoms with Gasteiger partial charge in [0.15, 0.2) is 0 Å². The predicted octanol–water partition coefficient (Wildman–Crippen LogP) is 5.76. The van der Waals surface area contributed by atoms with Crippen molar-refractivity contribution in [1.29, 1.82) is 0 Å². The number of carbonyl (C=O) groups is 2. The molecule has 6 heteroatoms. The first-order chi connectivity index (χ1) is 16.0. The molecular weight excluding hydrogens is 421 g/mol. The zero-order valence-electron chi connectivity index (χ0n) is 18.9. The lowest BCUT2D eigenvalue weighted by Gasteiger charge is -2.30. The van der Waals surface area contributed by atoms with Crippen LogP contribution >= 0.6 is 0 Å². The van der Waals surface area contributed by atoms with E-state index < -0.39 is 23.5 Å². The first-order valence-corrected chi connectivity index (χ1v) is 11.8. The Hall–Kier alpha value is -3.15. The number of amides is 1. The van der Waals surface area contributed by atoms with E-state index in [0.717, 1.165) is 44.9 Å². The Bertz CT molecular complexity index is 1040. The van der Waals surface area contributed by atoms with Crippen molar-refractivity contribution in [3.63, 3.8) is 0 Å². The largest absolute Gasteiger partial charge is 0.507 e. The molecule has 2 aliphatic rings. The number of halogens is 1. The van der Waals surface area contributed by atoms with E-state index in [1.807, 2.05) is 0 Å². The van der Waals surface area contributed by atoms with Gasteiger partial charge in [0.05, 0.1) is 18.2 Å². The third-order valence-electron chi connectivity index (χ3n) is 6.54. The topological polar surface area (TPSA) is 66.8 Å². The molecule has 1 amide bonds. The molecule has 1 heterocycles. The van der Waals surface area contributed by atoms with Crippen molar-refractivity contribution < 1.29 is 23.8 Å². The molecule has 1 aliphatic carbocycles. The number of carbonyl (C=O) groups excluding carboxylic acids is 2. The van der Waals surface area contributed by atoms with Gasteiger partial charge >= 0.3 is 0 Å². The number of nitrogens with zero attached hydrogens (tertiary/aromatic N) is 1. The van der Waals surface area contributed by atoms with Gasteiger partial charge in [-0.3, -0.25) is 9.59 Å². The molecule has 1 aliphatic heterocycles. The number of ketones is 1. The van der Waals surface area contributed by atoms with Crippen molar-refractivity contribution in [2.75, 3.05) is 6.61 Å². The van der Waals surface area contributed by atoms with Gasteiger partial charge in [-0.1, -0.05) is 50.8 Å². The summed E-state index contributed by atoms with van der Waals surface area (Å²) in [6.07, 6.45) is 6.61. The van der Waals surface area contributed by atoms with Gasteiger partial charge in [-0.25, -0.2) is 4.39 Å². The van der Waals surface area contributed by atoms with Crippen LogP contribution < -0.4 is 4.74 Å². The monoisotopic (exact) mass is 451 g/mol. The minimum atomic E-state index is -0.945. The average Bonchev–Trinajstić information content (AvgIpc) is 3.44. The quantitative estimate of drug-likeness (QED) is 0.240. The minimum Gasteiger partial charge on any atom is -0.507 e. The van der Waals surface area contributed by atoms with Crippen molar-refractivity contribution in [2.45, 2.75) is 64.0 Å². The molecule has 0 radical (unpaired) electrons. The number of hydrogen-bond acceptors (Lipinski definition) is 4. The Morgan fingerprint density at radius 3 is 2.42 bits per heavy atom. The zero-order valence-corrected chi connectivity index (χ0v) is 18.9. The molecule has 1 atom stereocenters. The van der Waals surface area contributed by atoms with E-state index in [4.69, 9.17) is 4.74 Å². The molecule has 1 saturated carbocycles. The normalized spacial score (nSPS) is 20.5. The number of benzene rings is 2. The Kier molecular flexibility index (Phi) is 7.11. The highest BCUT2D eigenvalue weighted by molar-refractivity contribution is 6.46. The summed E-state index contributed by atoms with van der Waals surface area (Å²) < 4.78 is 20.6. The maximum Gasteiger partial charge on any atom is 0.295 e. The SMILES string of the molecule is CCCCCOc1ccc(/C(O)=C2/C(=O)C(=O)N(C3CCCC3)C2c2ccccc2F)cc1. The summed E-state index contributed by atoms with van der Waals surface area (Å²) in [5.74, 6) is -1.58. The van der Waals surface area contributed by atoms with Crippen LogP contribution in [0.4, 0.5) is 4.39 Å². The summed E-state index contributed by atoms with van der Waals surface area (Å²) in [4.78, 5) is 27.6. The molecular formula is C27H30FNO4. The predicted molar refractivity (Wildman–Crippen MR) is 124 cm³/mol. The fourth-order valence-corrected chi connectivity index (χ4v) is 4.82. The molecule has 5 nitrogen and oxygen atoms in total. The van der Waals surface area contributed by atoms with E-state index in [-0.39, 0.29) is 22.9 Å². The van der Waals surface area contributed by atoms with Crippen LogP contribution in [0.3, 0.4) is 0 Å². The molecule has 0 bridgehead atoms. The summed E-state index contributed by atoms with van der Waals surface area (Å²) >= 11 is 0. The van der Waals surface area contributed by atoms with Gasteiger partial charge in [0.25, 0.3) is 11.7 Å². The van der Waals surface area contributed by atoms with Crippen LogP contribution in [0, 0.1) is 5.82 Å². The molecule has 2 aromatic rings. The Morgan fingerprint density at radius 1 is 1.06 bits per heavy atom. The fourth-order valence-electron chi connectivity index (χ4n) is 4.82. The fraction of sp³-hybridized carbons (Fsp3) is 0.407. The van der Waals surface area contributed by atoms with Gasteiger partial charge in [-0.15, -0.1) is 0 Å². The van der Waals surface area contributed by atoms with Gasteiger partial charge in [-0.2, -0.15) is 0 Å². The number of aliphatic hydroxyl groups is 1. The highest BCUT2D eigenvalue weighted by Crippen LogP contribution is 2.44. The van der Waals surface area contributed by atoms with Crippen molar-refractivity contribution >= 4 is 17.4 Å². The Morgan fingerprint density at radius 2 is 1.76 bits per heavy atom. The zero-order chi connectivity index (χ0) is 23.4. The Labute approximate surface area is 193 Å². The maximum atomic E-state index is 14.9. The second kappa shape index (κ2) is 10.2. The third-order valence-corrected chi connectivity index (χ3v) is 6.54. The summed E-state index contributed by atoms with van der Waals surface area (Å²) in [6.45, 7) is 2.74. The van der Waals surface area contributed by atoms with Crippen LogP contribution in [0.15, 0.2) is 54.1 Å². The maximum absolute atomic E-state index is 14.9. The number of unbranched alkanes of at least 4 members (excludes halogenated alkanes) is 2. The van der Waals surface area contributed by atoms with Crippen LogP contribution in [0.25, 0.3) is 5.76 Å². The number of aliphatic hydroxyl groups excluding tert-OH is 1. The van der Waals surface area contributed by atoms with Gasteiger partial charge in [0.2, 0.25) is 0 Å². The molecule has 2 fully saturated rings. The molecule has 174 valence electrons. The summed E-state index contributed by atoms with van der Waals surface area (Å²) in [5.41, 5.74) is 0.552. The van der Waals surface area contributed by atoms with E-state index in [2.05, 4.69) is 6.92 Å². The first kappa shape index (κ1) is 23.0. The van der Waals surface area contributed by atoms with E-state index in [1.165, 1.54) is 11.0 Å². The smallest absolute Gasteiger partial charge is 0.295 e. The number of hydrogen-bond donors (Lipinski definition) is 1. The minimum absolute atomic E-state index is 0.0615. The van der Waals surface area contributed by atoms with Crippen LogP contribution in [-0.4, -0.2) is 34.3 Å². The molecule has 0 aromatic heterocycles. The van der Waals surface area contributed by atoms with Crippen LogP contribution in [0.5, 0.6) is 5.75 Å². The number of Topliss-reactive ketones (excluding diaryl/α,β-unsaturated/α-hetero) is 1. The lowest BCUT2D eigenvalue weighted by molar-refractivity contribution is -0.141. The van der Waals surface area contributed by atoms with E-state index >= 15 is 0 Å². The Balaban J connectivity index is 1.71. The highest BCUT2D eigenvalue weighted by Gasteiger charge is 2.49. The lowest BCUT2D eigenvalue weighted by atomic mass is 9.94. The second-order valence-corrected chi connectivity index (χ2v) is 8.75. The summed E-state index contributed by atoms with van der Waals surface area (Å²) in [5, 5.41) is 11.1. The highest BCUT2D eigenvalue weighted by atomic mass is 19.1. The van der Waals surface area contributed by atoms with E-state index in [1.54, 1.807) is 42.5 Å².